The van der Waals surface area contributed by atoms with Crippen molar-refractivity contribution in [3.8, 4) is 17.4 Å². The van der Waals surface area contributed by atoms with Crippen LogP contribution in [0.1, 0.15) is 11.3 Å². The van der Waals surface area contributed by atoms with Crippen molar-refractivity contribution in [3.63, 3.8) is 0 Å². The maximum absolute atomic E-state index is 13.7. The summed E-state index contributed by atoms with van der Waals surface area (Å²) < 4.78 is 18.8. The summed E-state index contributed by atoms with van der Waals surface area (Å²) in [6, 6.07) is 9.66. The number of pyridine rings is 1. The fraction of sp³-hybridized carbons (Fsp3) is 0.0625. The Hall–Kier alpha value is -3.02. The van der Waals surface area contributed by atoms with E-state index in [2.05, 4.69) is 15.0 Å². The number of hydrogen-bond donors (Lipinski definition) is 1. The summed E-state index contributed by atoms with van der Waals surface area (Å²) in [5, 5.41) is 9.75. The molecule has 1 N–H and O–H groups in total. The first kappa shape index (κ1) is 13.9. The van der Waals surface area contributed by atoms with Crippen molar-refractivity contribution in [1.29, 1.82) is 0 Å². The molecule has 0 atom stereocenters. The maximum Gasteiger partial charge on any atom is 0.312 e. The van der Waals surface area contributed by atoms with E-state index < -0.39 is 11.8 Å². The third-order valence-electron chi connectivity index (χ3n) is 2.96. The van der Waals surface area contributed by atoms with E-state index in [0.717, 1.165) is 5.56 Å². The second kappa shape index (κ2) is 5.77. The van der Waals surface area contributed by atoms with Crippen molar-refractivity contribution in [2.75, 3.05) is 0 Å². The number of hydrogen-bond acceptors (Lipinski definition) is 5. The average molecular weight is 297 g/mol. The molecule has 3 aromatic rings. The van der Waals surface area contributed by atoms with E-state index in [9.17, 15) is 9.50 Å². The Morgan fingerprint density at radius 2 is 2.09 bits per heavy atom. The number of rotatable bonds is 3. The van der Waals surface area contributed by atoms with Crippen LogP contribution in [-0.2, 0) is 0 Å². The van der Waals surface area contributed by atoms with Gasteiger partial charge >= 0.3 is 5.95 Å². The van der Waals surface area contributed by atoms with Gasteiger partial charge in [-0.2, -0.15) is 0 Å². The molecule has 0 fully saturated rings. The Balaban J connectivity index is 1.92. The van der Waals surface area contributed by atoms with E-state index in [-0.39, 0.29) is 17.1 Å². The highest BCUT2D eigenvalue weighted by Crippen LogP contribution is 2.27. The van der Waals surface area contributed by atoms with Crippen LogP contribution in [0.15, 0.2) is 52.0 Å². The zero-order chi connectivity index (χ0) is 15.5. The van der Waals surface area contributed by atoms with E-state index >= 15 is 0 Å². The minimum absolute atomic E-state index is 0.00532. The molecule has 0 aliphatic rings. The molecule has 0 saturated heterocycles. The van der Waals surface area contributed by atoms with Gasteiger partial charge in [0.25, 0.3) is 0 Å². The number of aliphatic imine (C=N–C) groups is 1. The Bertz CT molecular complexity index is 843. The lowest BCUT2D eigenvalue weighted by atomic mass is 10.2. The van der Waals surface area contributed by atoms with Gasteiger partial charge in [-0.1, -0.05) is 12.1 Å². The molecule has 5 nitrogen and oxygen atoms in total. The van der Waals surface area contributed by atoms with Crippen LogP contribution >= 0.6 is 0 Å². The standard InChI is InChI=1S/C16H12FN3O2/c1-10-6-7-18-14(8-10)19-9-13-16(21)22-15(20-13)11-4-2-3-5-12(11)17/h2-9,21H,1H3. The van der Waals surface area contributed by atoms with Crippen LogP contribution in [0, 0.1) is 12.7 Å². The van der Waals surface area contributed by atoms with Crippen molar-refractivity contribution in [2.24, 2.45) is 4.99 Å². The Morgan fingerprint density at radius 3 is 2.86 bits per heavy atom. The summed E-state index contributed by atoms with van der Waals surface area (Å²) in [4.78, 5) is 12.2. The quantitative estimate of drug-likeness (QED) is 0.749. The number of oxazole rings is 1. The van der Waals surface area contributed by atoms with E-state index in [1.807, 2.05) is 13.0 Å². The molecule has 0 saturated carbocycles. The fourth-order valence-electron chi connectivity index (χ4n) is 1.88. The van der Waals surface area contributed by atoms with Crippen LogP contribution in [0.5, 0.6) is 5.95 Å². The molecule has 2 heterocycles. The van der Waals surface area contributed by atoms with Crippen molar-refractivity contribution in [3.05, 3.63) is 59.7 Å². The number of aryl methyl sites for hydroxylation is 1. The highest BCUT2D eigenvalue weighted by atomic mass is 19.1. The zero-order valence-electron chi connectivity index (χ0n) is 11.7. The Morgan fingerprint density at radius 1 is 1.27 bits per heavy atom. The number of aromatic nitrogens is 2. The monoisotopic (exact) mass is 297 g/mol. The summed E-state index contributed by atoms with van der Waals surface area (Å²) in [6.07, 6.45) is 2.96. The maximum atomic E-state index is 13.7. The largest absolute Gasteiger partial charge is 0.479 e. The smallest absolute Gasteiger partial charge is 0.312 e. The first-order valence-electron chi connectivity index (χ1n) is 6.55. The number of halogens is 1. The van der Waals surface area contributed by atoms with Gasteiger partial charge in [0.2, 0.25) is 5.89 Å². The van der Waals surface area contributed by atoms with Crippen LogP contribution < -0.4 is 0 Å². The lowest BCUT2D eigenvalue weighted by Crippen LogP contribution is -1.86. The lowest BCUT2D eigenvalue weighted by Gasteiger charge is -1.95. The Kier molecular flexibility index (Phi) is 3.65. The second-order valence-corrected chi connectivity index (χ2v) is 4.64. The first-order chi connectivity index (χ1) is 10.6. The molecule has 0 aliphatic heterocycles. The zero-order valence-corrected chi connectivity index (χ0v) is 11.7. The highest BCUT2D eigenvalue weighted by Gasteiger charge is 2.15. The van der Waals surface area contributed by atoms with E-state index in [1.165, 1.54) is 18.3 Å². The van der Waals surface area contributed by atoms with Crippen LogP contribution in [0.25, 0.3) is 11.5 Å². The molecule has 3 rings (SSSR count). The average Bonchev–Trinajstić information content (AvgIpc) is 2.87. The van der Waals surface area contributed by atoms with Gasteiger partial charge in [-0.15, -0.1) is 0 Å². The normalized spacial score (nSPS) is 11.2. The first-order valence-corrected chi connectivity index (χ1v) is 6.55. The molecule has 0 amide bonds. The van der Waals surface area contributed by atoms with Gasteiger partial charge < -0.3 is 9.52 Å². The summed E-state index contributed by atoms with van der Waals surface area (Å²) in [7, 11) is 0. The van der Waals surface area contributed by atoms with E-state index in [1.54, 1.807) is 24.4 Å². The summed E-state index contributed by atoms with van der Waals surface area (Å²) in [6.45, 7) is 1.92. The van der Waals surface area contributed by atoms with Gasteiger partial charge in [0.05, 0.1) is 11.8 Å². The molecule has 0 spiro atoms. The molecular formula is C16H12FN3O2. The SMILES string of the molecule is Cc1ccnc(N=Cc2nc(-c3ccccc3F)oc2O)c1. The molecule has 0 aliphatic carbocycles. The minimum atomic E-state index is -0.479. The van der Waals surface area contributed by atoms with Gasteiger partial charge in [0, 0.05) is 6.20 Å². The molecule has 6 heteroatoms. The van der Waals surface area contributed by atoms with Crippen molar-refractivity contribution in [2.45, 2.75) is 6.92 Å². The summed E-state index contributed by atoms with van der Waals surface area (Å²) in [5.41, 5.74) is 1.30. The van der Waals surface area contributed by atoms with Gasteiger partial charge in [-0.3, -0.25) is 0 Å². The molecule has 2 aromatic heterocycles. The third kappa shape index (κ3) is 2.85. The molecule has 0 radical (unpaired) electrons. The molecule has 110 valence electrons. The predicted molar refractivity (Wildman–Crippen MR) is 79.8 cm³/mol. The van der Waals surface area contributed by atoms with Crippen LogP contribution in [0.4, 0.5) is 10.2 Å². The molecule has 1 aromatic carbocycles. The highest BCUT2D eigenvalue weighted by molar-refractivity contribution is 5.82. The van der Waals surface area contributed by atoms with Crippen LogP contribution in [0.2, 0.25) is 0 Å². The van der Waals surface area contributed by atoms with E-state index in [0.29, 0.717) is 5.82 Å². The molecule has 0 bridgehead atoms. The Labute approximate surface area is 125 Å². The van der Waals surface area contributed by atoms with Gasteiger partial charge in [0.15, 0.2) is 11.5 Å². The summed E-state index contributed by atoms with van der Waals surface area (Å²) >= 11 is 0. The van der Waals surface area contributed by atoms with Crippen molar-refractivity contribution in [1.82, 2.24) is 9.97 Å². The van der Waals surface area contributed by atoms with Crippen molar-refractivity contribution >= 4 is 12.0 Å². The summed E-state index contributed by atoms with van der Waals surface area (Å²) in [5.74, 6) is -0.425. The van der Waals surface area contributed by atoms with Crippen LogP contribution in [-0.4, -0.2) is 21.3 Å². The second-order valence-electron chi connectivity index (χ2n) is 4.64. The lowest BCUT2D eigenvalue weighted by molar-refractivity contribution is 0.336. The number of aromatic hydroxyl groups is 1. The third-order valence-corrected chi connectivity index (χ3v) is 2.96. The van der Waals surface area contributed by atoms with E-state index in [4.69, 9.17) is 4.42 Å². The minimum Gasteiger partial charge on any atom is -0.479 e. The number of nitrogens with zero attached hydrogens (tertiary/aromatic N) is 3. The van der Waals surface area contributed by atoms with Crippen molar-refractivity contribution < 1.29 is 13.9 Å². The predicted octanol–water partition coefficient (Wildman–Crippen LogP) is 3.64. The topological polar surface area (TPSA) is 71.5 Å². The van der Waals surface area contributed by atoms with Gasteiger partial charge in [0.1, 0.15) is 5.82 Å². The molecule has 22 heavy (non-hydrogen) atoms. The molecular weight excluding hydrogens is 285 g/mol. The van der Waals surface area contributed by atoms with Gasteiger partial charge in [-0.05, 0) is 36.8 Å². The number of benzene rings is 1. The molecule has 0 unspecified atom stereocenters. The van der Waals surface area contributed by atoms with Gasteiger partial charge in [-0.25, -0.2) is 19.4 Å². The fourth-order valence-corrected chi connectivity index (χ4v) is 1.88. The van der Waals surface area contributed by atoms with Crippen LogP contribution in [0.3, 0.4) is 0 Å².